The Morgan fingerprint density at radius 3 is 2.43 bits per heavy atom. The Morgan fingerprint density at radius 1 is 1.17 bits per heavy atom. The monoisotopic (exact) mass is 345 g/mol. The van der Waals surface area contributed by atoms with E-state index < -0.39 is 23.6 Å². The Morgan fingerprint density at radius 2 is 1.83 bits per heavy atom. The topological polar surface area (TPSA) is 41.5 Å². The van der Waals surface area contributed by atoms with Gasteiger partial charge in [-0.15, -0.1) is 0 Å². The number of benzene rings is 2. The van der Waals surface area contributed by atoms with Crippen molar-refractivity contribution in [2.75, 3.05) is 13.7 Å². The standard InChI is InChI=1S/C16H15ClF3NO2/c1-23-15-3-2-11(17)4-10(15)7-21-8-14(22)9-5-12(18)16(20)13(19)6-9/h2-6,14,21-22H,7-8H2,1H3. The first-order chi connectivity index (χ1) is 10.9. The van der Waals surface area contributed by atoms with Gasteiger partial charge in [-0.3, -0.25) is 0 Å². The van der Waals surface area contributed by atoms with Crippen LogP contribution in [0.5, 0.6) is 5.75 Å². The summed E-state index contributed by atoms with van der Waals surface area (Å²) in [6.07, 6.45) is -1.19. The first-order valence-electron chi connectivity index (χ1n) is 6.78. The van der Waals surface area contributed by atoms with E-state index in [4.69, 9.17) is 16.3 Å². The summed E-state index contributed by atoms with van der Waals surface area (Å²) in [5.74, 6) is -3.61. The molecule has 124 valence electrons. The largest absolute Gasteiger partial charge is 0.496 e. The van der Waals surface area contributed by atoms with Crippen LogP contribution in [0.3, 0.4) is 0 Å². The van der Waals surface area contributed by atoms with Crippen LogP contribution in [0.1, 0.15) is 17.2 Å². The minimum Gasteiger partial charge on any atom is -0.496 e. The van der Waals surface area contributed by atoms with Crippen LogP contribution in [0.2, 0.25) is 5.02 Å². The van der Waals surface area contributed by atoms with Gasteiger partial charge in [0.05, 0.1) is 13.2 Å². The van der Waals surface area contributed by atoms with Gasteiger partial charge < -0.3 is 15.2 Å². The molecule has 0 aliphatic carbocycles. The van der Waals surface area contributed by atoms with E-state index in [1.807, 2.05) is 0 Å². The van der Waals surface area contributed by atoms with Gasteiger partial charge >= 0.3 is 0 Å². The van der Waals surface area contributed by atoms with E-state index in [0.29, 0.717) is 17.3 Å². The highest BCUT2D eigenvalue weighted by Crippen LogP contribution is 2.23. The van der Waals surface area contributed by atoms with Gasteiger partial charge in [0, 0.05) is 23.7 Å². The molecule has 0 saturated carbocycles. The van der Waals surface area contributed by atoms with Crippen LogP contribution in [-0.2, 0) is 6.54 Å². The minimum atomic E-state index is -1.56. The van der Waals surface area contributed by atoms with Gasteiger partial charge in [-0.1, -0.05) is 11.6 Å². The van der Waals surface area contributed by atoms with Crippen LogP contribution in [0, 0.1) is 17.5 Å². The molecule has 0 fully saturated rings. The highest BCUT2D eigenvalue weighted by Gasteiger charge is 2.15. The van der Waals surface area contributed by atoms with Crippen molar-refractivity contribution >= 4 is 11.6 Å². The van der Waals surface area contributed by atoms with Crippen molar-refractivity contribution in [1.29, 1.82) is 0 Å². The van der Waals surface area contributed by atoms with E-state index in [2.05, 4.69) is 5.32 Å². The smallest absolute Gasteiger partial charge is 0.194 e. The van der Waals surface area contributed by atoms with Crippen molar-refractivity contribution in [3.05, 3.63) is 63.9 Å². The van der Waals surface area contributed by atoms with Gasteiger partial charge in [-0.25, -0.2) is 13.2 Å². The Balaban J connectivity index is 2.00. The highest BCUT2D eigenvalue weighted by atomic mass is 35.5. The predicted octanol–water partition coefficient (Wildman–Crippen LogP) is 3.59. The Kier molecular flexibility index (Phi) is 5.87. The summed E-state index contributed by atoms with van der Waals surface area (Å²) in [6.45, 7) is 0.340. The number of hydrogen-bond donors (Lipinski definition) is 2. The molecular weight excluding hydrogens is 331 g/mol. The lowest BCUT2D eigenvalue weighted by atomic mass is 10.1. The second-order valence-electron chi connectivity index (χ2n) is 4.90. The van der Waals surface area contributed by atoms with E-state index in [9.17, 15) is 18.3 Å². The summed E-state index contributed by atoms with van der Waals surface area (Å²) < 4.78 is 44.4. The van der Waals surface area contributed by atoms with Gasteiger partial charge in [-0.2, -0.15) is 0 Å². The molecule has 0 amide bonds. The average Bonchev–Trinajstić information content (AvgIpc) is 2.52. The molecule has 0 spiro atoms. The molecule has 0 radical (unpaired) electrons. The van der Waals surface area contributed by atoms with Crippen molar-refractivity contribution in [2.45, 2.75) is 12.6 Å². The number of ether oxygens (including phenoxy) is 1. The van der Waals surface area contributed by atoms with E-state index in [1.54, 1.807) is 18.2 Å². The van der Waals surface area contributed by atoms with Crippen molar-refractivity contribution in [3.8, 4) is 5.75 Å². The lowest BCUT2D eigenvalue weighted by Crippen LogP contribution is -2.21. The second-order valence-corrected chi connectivity index (χ2v) is 5.34. The number of rotatable bonds is 6. The van der Waals surface area contributed by atoms with Crippen molar-refractivity contribution < 1.29 is 23.0 Å². The maximum absolute atomic E-state index is 13.2. The Hall–Kier alpha value is -1.76. The molecule has 7 heteroatoms. The van der Waals surface area contributed by atoms with Crippen LogP contribution in [0.25, 0.3) is 0 Å². The Bertz CT molecular complexity index is 674. The molecule has 0 aromatic heterocycles. The number of hydrogen-bond acceptors (Lipinski definition) is 3. The summed E-state index contributed by atoms with van der Waals surface area (Å²) in [4.78, 5) is 0. The molecule has 1 unspecified atom stereocenters. The summed E-state index contributed by atoms with van der Waals surface area (Å²) in [6, 6.07) is 6.63. The molecule has 1 atom stereocenters. The third-order valence-electron chi connectivity index (χ3n) is 3.29. The third-order valence-corrected chi connectivity index (χ3v) is 3.52. The highest BCUT2D eigenvalue weighted by molar-refractivity contribution is 6.30. The van der Waals surface area contributed by atoms with Gasteiger partial charge in [0.2, 0.25) is 0 Å². The third kappa shape index (κ3) is 4.37. The van der Waals surface area contributed by atoms with Crippen molar-refractivity contribution in [1.82, 2.24) is 5.32 Å². The molecule has 2 aromatic carbocycles. The lowest BCUT2D eigenvalue weighted by molar-refractivity contribution is 0.173. The summed E-state index contributed by atoms with van der Waals surface area (Å²) in [5, 5.41) is 13.4. The molecule has 0 heterocycles. The quantitative estimate of drug-likeness (QED) is 0.786. The summed E-state index contributed by atoms with van der Waals surface area (Å²) in [7, 11) is 1.52. The molecule has 2 N–H and O–H groups in total. The molecular formula is C16H15ClF3NO2. The van der Waals surface area contributed by atoms with Gasteiger partial charge in [0.15, 0.2) is 17.5 Å². The maximum atomic E-state index is 13.2. The number of aliphatic hydroxyl groups is 1. The zero-order valence-corrected chi connectivity index (χ0v) is 13.0. The zero-order valence-electron chi connectivity index (χ0n) is 12.2. The van der Waals surface area contributed by atoms with Crippen LogP contribution >= 0.6 is 11.6 Å². The van der Waals surface area contributed by atoms with Crippen LogP contribution in [0.15, 0.2) is 30.3 Å². The van der Waals surface area contributed by atoms with E-state index >= 15 is 0 Å². The number of aliphatic hydroxyl groups excluding tert-OH is 1. The first kappa shape index (κ1) is 17.6. The maximum Gasteiger partial charge on any atom is 0.194 e. The zero-order chi connectivity index (χ0) is 17.0. The molecule has 3 nitrogen and oxygen atoms in total. The van der Waals surface area contributed by atoms with E-state index in [-0.39, 0.29) is 12.1 Å². The normalized spacial score (nSPS) is 12.3. The van der Waals surface area contributed by atoms with Gasteiger partial charge in [0.1, 0.15) is 5.75 Å². The minimum absolute atomic E-state index is 0.0141. The molecule has 2 rings (SSSR count). The van der Waals surface area contributed by atoms with E-state index in [1.165, 1.54) is 7.11 Å². The van der Waals surface area contributed by atoms with Crippen LogP contribution < -0.4 is 10.1 Å². The molecule has 23 heavy (non-hydrogen) atoms. The lowest BCUT2D eigenvalue weighted by Gasteiger charge is -2.14. The summed E-state index contributed by atoms with van der Waals surface area (Å²) >= 11 is 5.91. The molecule has 0 aliphatic rings. The molecule has 0 aliphatic heterocycles. The molecule has 0 saturated heterocycles. The first-order valence-corrected chi connectivity index (χ1v) is 7.15. The average molecular weight is 346 g/mol. The van der Waals surface area contributed by atoms with E-state index in [0.717, 1.165) is 17.7 Å². The fraction of sp³-hybridized carbons (Fsp3) is 0.250. The van der Waals surface area contributed by atoms with Crippen LogP contribution in [-0.4, -0.2) is 18.8 Å². The fourth-order valence-corrected chi connectivity index (χ4v) is 2.31. The van der Waals surface area contributed by atoms with Crippen molar-refractivity contribution in [3.63, 3.8) is 0 Å². The molecule has 2 aromatic rings. The second kappa shape index (κ2) is 7.68. The van der Waals surface area contributed by atoms with Gasteiger partial charge in [-0.05, 0) is 35.9 Å². The fourth-order valence-electron chi connectivity index (χ4n) is 2.11. The number of nitrogens with one attached hydrogen (secondary N) is 1. The van der Waals surface area contributed by atoms with Crippen molar-refractivity contribution in [2.24, 2.45) is 0 Å². The SMILES string of the molecule is COc1ccc(Cl)cc1CNCC(O)c1cc(F)c(F)c(F)c1. The van der Waals surface area contributed by atoms with Crippen LogP contribution in [0.4, 0.5) is 13.2 Å². The molecule has 0 bridgehead atoms. The number of halogens is 4. The predicted molar refractivity (Wildman–Crippen MR) is 81.0 cm³/mol. The summed E-state index contributed by atoms with van der Waals surface area (Å²) in [5.41, 5.74) is 0.718. The Labute approximate surface area is 136 Å². The van der Waals surface area contributed by atoms with Gasteiger partial charge in [0.25, 0.3) is 0 Å². The number of methoxy groups -OCH3 is 1.